The summed E-state index contributed by atoms with van der Waals surface area (Å²) in [7, 11) is 0. The Hall–Kier alpha value is -10.1. The van der Waals surface area contributed by atoms with Crippen molar-refractivity contribution in [3.8, 4) is 91.6 Å². The van der Waals surface area contributed by atoms with Gasteiger partial charge in [0.15, 0.2) is 70.4 Å². The fourth-order valence-corrected chi connectivity index (χ4v) is 11.0. The highest BCUT2D eigenvalue weighted by Crippen LogP contribution is 2.65. The van der Waals surface area contributed by atoms with Gasteiger partial charge >= 0.3 is 29.8 Å². The maximum Gasteiger partial charge on any atom is 0.339 e. The molecule has 0 aromatic heterocycles. The van der Waals surface area contributed by atoms with Crippen molar-refractivity contribution in [3.05, 3.63) is 92.6 Å². The Kier molecular flexibility index (Phi) is 11.3. The average Bonchev–Trinajstić information content (AvgIpc) is 3.52. The minimum absolute atomic E-state index is 0.117. The van der Waals surface area contributed by atoms with E-state index in [2.05, 4.69) is 0 Å². The number of fused-ring (bicyclic) bond motifs is 5. The second kappa shape index (κ2) is 17.5. The number of hydrogen-bond donors (Lipinski definition) is 16. The largest absolute Gasteiger partial charge is 0.507 e. The van der Waals surface area contributed by atoms with E-state index in [1.807, 2.05) is 0 Å². The molecule has 6 aliphatic rings. The van der Waals surface area contributed by atoms with Crippen molar-refractivity contribution in [1.29, 1.82) is 0 Å². The van der Waals surface area contributed by atoms with Crippen LogP contribution in [0.2, 0.25) is 0 Å². The number of aromatic hydroxyl groups is 12. The lowest BCUT2D eigenvalue weighted by atomic mass is 9.64. The number of esters is 5. The first-order valence-electron chi connectivity index (χ1n) is 23.3. The highest BCUT2D eigenvalue weighted by atomic mass is 16.7. The lowest BCUT2D eigenvalue weighted by Crippen LogP contribution is -2.69. The first-order valence-corrected chi connectivity index (χ1v) is 23.3. The number of Topliss-reactive ketones (excluding diaryl/α,β-unsaturated/α-hetero) is 1. The molecule has 5 aliphatic heterocycles. The Morgan fingerprint density at radius 2 is 1.14 bits per heavy atom. The first kappa shape index (κ1) is 52.0. The van der Waals surface area contributed by atoms with E-state index >= 15 is 19.2 Å². The SMILES string of the molecule is CC(=O)O[C@@H]1COC(=O)c2cc(O)c(O)c(O)c2-c2c(cc(O)c(O)c2O)C(=O)O[C@H]1[C@@H]1OC(=O)c2cc(O)c(O)c3c2[C@H]2C4=C(C(=O)C(O)(O)[C@@]2(O)O3)[C@@H](c2c(O)cc(O)c3c2O[C@H](c2ccc(O)c(O)c2)[C@H](O)C3)[C@@H]1OC4=O. The number of aliphatic hydroxyl groups is 4. The van der Waals surface area contributed by atoms with E-state index in [4.69, 9.17) is 33.2 Å². The number of carbonyl (C=O) groups is 6. The average molecular weight is 1110 g/mol. The summed E-state index contributed by atoms with van der Waals surface area (Å²) in [5.41, 5.74) is -10.4. The van der Waals surface area contributed by atoms with Gasteiger partial charge in [-0.25, -0.2) is 19.2 Å². The van der Waals surface area contributed by atoms with Crippen LogP contribution in [0.25, 0.3) is 11.1 Å². The van der Waals surface area contributed by atoms with Crippen molar-refractivity contribution in [2.45, 2.75) is 73.4 Å². The summed E-state index contributed by atoms with van der Waals surface area (Å²) in [4.78, 5) is 87.9. The van der Waals surface area contributed by atoms with Gasteiger partial charge in [-0.15, -0.1) is 0 Å². The third-order valence-electron chi connectivity index (χ3n) is 14.6. The molecule has 1 aliphatic carbocycles. The smallest absolute Gasteiger partial charge is 0.339 e. The van der Waals surface area contributed by atoms with Gasteiger partial charge in [0.05, 0.1) is 40.2 Å². The van der Waals surface area contributed by atoms with Gasteiger partial charge in [-0.2, -0.15) is 0 Å². The minimum atomic E-state index is -4.36. The highest BCUT2D eigenvalue weighted by molar-refractivity contribution is 6.14. The third kappa shape index (κ3) is 7.17. The van der Waals surface area contributed by atoms with Gasteiger partial charge < -0.3 is 115 Å². The minimum Gasteiger partial charge on any atom is -0.507 e. The molecule has 5 aromatic carbocycles. The van der Waals surface area contributed by atoms with E-state index in [1.54, 1.807) is 0 Å². The lowest BCUT2D eigenvalue weighted by molar-refractivity contribution is -0.324. The van der Waals surface area contributed by atoms with E-state index in [0.717, 1.165) is 25.1 Å². The number of carbonyl (C=O) groups excluding carboxylic acids is 6. The molecule has 0 saturated carbocycles. The van der Waals surface area contributed by atoms with Gasteiger partial charge in [0.1, 0.15) is 30.0 Å². The molecule has 5 heterocycles. The molecule has 29 heteroatoms. The van der Waals surface area contributed by atoms with Gasteiger partial charge in [-0.1, -0.05) is 6.07 Å². The molecule has 0 radical (unpaired) electrons. The quantitative estimate of drug-likeness (QED) is 0.0493. The van der Waals surface area contributed by atoms with Gasteiger partial charge in [0.2, 0.25) is 23.0 Å². The van der Waals surface area contributed by atoms with Gasteiger partial charge in [-0.05, 0) is 35.9 Å². The molecular weight excluding hydrogens is 1080 g/mol. The molecule has 416 valence electrons. The summed E-state index contributed by atoms with van der Waals surface area (Å²) in [6, 6.07) is 4.92. The zero-order valence-electron chi connectivity index (χ0n) is 40.0. The number of hydrogen-bond acceptors (Lipinski definition) is 29. The van der Waals surface area contributed by atoms with Crippen LogP contribution in [0.5, 0.6) is 80.5 Å². The van der Waals surface area contributed by atoms with Crippen molar-refractivity contribution in [1.82, 2.24) is 0 Å². The number of ketones is 1. The van der Waals surface area contributed by atoms with Crippen molar-refractivity contribution in [2.24, 2.45) is 0 Å². The first-order chi connectivity index (χ1) is 37.6. The second-order valence-electron chi connectivity index (χ2n) is 19.2. The Morgan fingerprint density at radius 3 is 1.76 bits per heavy atom. The molecule has 16 N–H and O–H groups in total. The zero-order valence-corrected chi connectivity index (χ0v) is 40.0. The summed E-state index contributed by atoms with van der Waals surface area (Å²) < 4.78 is 40.6. The predicted octanol–water partition coefficient (Wildman–Crippen LogP) is 0.159. The van der Waals surface area contributed by atoms with Crippen molar-refractivity contribution in [3.63, 3.8) is 0 Å². The normalized spacial score (nSPS) is 26.2. The highest BCUT2D eigenvalue weighted by Gasteiger charge is 2.74. The van der Waals surface area contributed by atoms with Crippen LogP contribution in [0, 0.1) is 0 Å². The molecule has 29 nitrogen and oxygen atoms in total. The van der Waals surface area contributed by atoms with E-state index in [1.165, 1.54) is 0 Å². The van der Waals surface area contributed by atoms with Crippen LogP contribution in [-0.2, 0) is 44.5 Å². The number of phenols is 12. The van der Waals surface area contributed by atoms with Crippen molar-refractivity contribution < 1.29 is 144 Å². The van der Waals surface area contributed by atoms with E-state index < -0.39 is 245 Å². The van der Waals surface area contributed by atoms with E-state index in [-0.39, 0.29) is 5.56 Å². The van der Waals surface area contributed by atoms with Crippen molar-refractivity contribution in [2.75, 3.05) is 6.61 Å². The predicted molar refractivity (Wildman–Crippen MR) is 249 cm³/mol. The second-order valence-corrected chi connectivity index (χ2v) is 19.2. The Balaban J connectivity index is 1.23. The molecule has 0 fully saturated rings. The fourth-order valence-electron chi connectivity index (χ4n) is 11.0. The summed E-state index contributed by atoms with van der Waals surface area (Å²) in [6.45, 7) is -0.697. The van der Waals surface area contributed by atoms with Crippen molar-refractivity contribution >= 4 is 35.6 Å². The lowest BCUT2D eigenvalue weighted by Gasteiger charge is -2.49. The maximum atomic E-state index is 15.2. The van der Waals surface area contributed by atoms with Crippen LogP contribution < -0.4 is 9.47 Å². The molecule has 0 amide bonds. The van der Waals surface area contributed by atoms with Crippen LogP contribution >= 0.6 is 0 Å². The Bertz CT molecular complexity index is 3730. The van der Waals surface area contributed by atoms with E-state index in [0.29, 0.717) is 24.3 Å². The van der Waals surface area contributed by atoms with Gasteiger partial charge in [0, 0.05) is 52.8 Å². The summed E-state index contributed by atoms with van der Waals surface area (Å²) in [6.07, 6.45) is -14.9. The van der Waals surface area contributed by atoms with Crippen LogP contribution in [0.1, 0.15) is 78.2 Å². The molecular formula is C51H38O29. The molecule has 5 aromatic rings. The molecule has 80 heavy (non-hydrogen) atoms. The molecule has 4 bridgehead atoms. The van der Waals surface area contributed by atoms with Crippen LogP contribution in [0.4, 0.5) is 0 Å². The standard InChI is InChI=1S/C51H38O29/c1-11(52)75-25-10-74-46(67)14-6-21(57)34(61)37(64)26(14)27-15(7-22(58)35(62)38(27)65)47(68)77-41(25)44-43-30(29-20(56)9-18(54)13-5-24(60)39(76-40(13)29)12-2-3-17(53)19(55)4-12)31-32(49(70)78-43)33-28-16(48(69)79-44)8-23(59)36(63)42(28)80-51(33,73)50(71,72)45(31)66/h2-4,6-9,24-25,30,33,39,41,43-44,53-65,71-73H,5,10H2,1H3/t24-,25-,30-,33+,39-,41-,43+,44+,51+/m1/s1. The number of phenolic OH excluding ortho intramolecular Hbond substituents is 12. The number of rotatable bonds is 4. The van der Waals surface area contributed by atoms with Crippen LogP contribution in [0.15, 0.2) is 53.6 Å². The number of ether oxygens (including phenoxy) is 7. The zero-order chi connectivity index (χ0) is 57.8. The number of cyclic esters (lactones) is 3. The monoisotopic (exact) mass is 1110 g/mol. The molecule has 0 spiro atoms. The number of aliphatic hydroxyl groups excluding tert-OH is 1. The summed E-state index contributed by atoms with van der Waals surface area (Å²) >= 11 is 0. The molecule has 0 unspecified atom stereocenters. The molecule has 0 saturated heterocycles. The molecule has 11 rings (SSSR count). The number of benzene rings is 5. The summed E-state index contributed by atoms with van der Waals surface area (Å²) in [5.74, 6) is -40.6. The van der Waals surface area contributed by atoms with Gasteiger partial charge in [0.25, 0.3) is 11.6 Å². The van der Waals surface area contributed by atoms with Crippen LogP contribution in [0.3, 0.4) is 0 Å². The fraction of sp³-hybridized carbons (Fsp3) is 0.255. The maximum absolute atomic E-state index is 15.2. The summed E-state index contributed by atoms with van der Waals surface area (Å²) in [5, 5.41) is 179. The topological polar surface area (TPSA) is 491 Å². The van der Waals surface area contributed by atoms with E-state index in [9.17, 15) is 91.3 Å². The van der Waals surface area contributed by atoms with Gasteiger partial charge in [-0.3, -0.25) is 9.59 Å². The molecule has 9 atom stereocenters. The third-order valence-corrected chi connectivity index (χ3v) is 14.6. The Morgan fingerprint density at radius 1 is 0.562 bits per heavy atom. The Labute approximate surface area is 442 Å². The van der Waals surface area contributed by atoms with Crippen LogP contribution in [-0.4, -0.2) is 166 Å².